The van der Waals surface area contributed by atoms with Crippen molar-refractivity contribution >= 4 is 5.91 Å². The molecule has 0 aromatic heterocycles. The lowest BCUT2D eigenvalue weighted by Crippen LogP contribution is -2.48. The van der Waals surface area contributed by atoms with Crippen LogP contribution in [-0.2, 0) is 4.79 Å². The van der Waals surface area contributed by atoms with E-state index >= 15 is 0 Å². The molecule has 1 fully saturated rings. The lowest BCUT2D eigenvalue weighted by atomic mass is 9.83. The molecule has 1 aromatic rings. The number of hydrogen-bond acceptors (Lipinski definition) is 2. The molecule has 1 saturated heterocycles. The van der Waals surface area contributed by atoms with E-state index in [1.807, 2.05) is 6.92 Å². The smallest absolute Gasteiger partial charge is 0.237 e. The Kier molecular flexibility index (Phi) is 4.59. The van der Waals surface area contributed by atoms with Crippen LogP contribution in [0.15, 0.2) is 18.2 Å². The summed E-state index contributed by atoms with van der Waals surface area (Å²) in [5.41, 5.74) is 4.05. The van der Waals surface area contributed by atoms with Gasteiger partial charge in [-0.05, 0) is 57.2 Å². The fraction of sp³-hybridized carbons (Fsp3) is 0.562. The van der Waals surface area contributed by atoms with E-state index in [-0.39, 0.29) is 11.9 Å². The second kappa shape index (κ2) is 6.20. The van der Waals surface area contributed by atoms with E-state index in [0.717, 1.165) is 19.4 Å². The van der Waals surface area contributed by atoms with E-state index in [1.54, 1.807) is 0 Å². The number of aryl methyl sites for hydroxylation is 2. The Bertz CT molecular complexity index is 456. The third-order valence-electron chi connectivity index (χ3n) is 3.94. The van der Waals surface area contributed by atoms with Crippen LogP contribution in [0.1, 0.15) is 42.4 Å². The Morgan fingerprint density at radius 3 is 2.89 bits per heavy atom. The van der Waals surface area contributed by atoms with Crippen molar-refractivity contribution in [3.63, 3.8) is 0 Å². The number of hydrogen-bond donors (Lipinski definition) is 2. The fourth-order valence-corrected chi connectivity index (χ4v) is 2.98. The molecule has 0 bridgehead atoms. The highest BCUT2D eigenvalue weighted by atomic mass is 16.2. The molecule has 0 saturated carbocycles. The molecule has 3 heteroatoms. The SMILES string of the molecule is CCNC(=O)C1CC(c2ccc(C)cc2C)CCN1. The summed E-state index contributed by atoms with van der Waals surface area (Å²) in [6.45, 7) is 7.87. The van der Waals surface area contributed by atoms with Gasteiger partial charge in [-0.25, -0.2) is 0 Å². The molecule has 1 aromatic carbocycles. The first-order chi connectivity index (χ1) is 9.11. The molecular weight excluding hydrogens is 236 g/mol. The molecule has 0 aliphatic carbocycles. The summed E-state index contributed by atoms with van der Waals surface area (Å²) in [7, 11) is 0. The molecule has 1 amide bonds. The maximum Gasteiger partial charge on any atom is 0.237 e. The van der Waals surface area contributed by atoms with Crippen LogP contribution in [0.3, 0.4) is 0 Å². The zero-order valence-corrected chi connectivity index (χ0v) is 12.1. The van der Waals surface area contributed by atoms with E-state index in [4.69, 9.17) is 0 Å². The number of amides is 1. The van der Waals surface area contributed by atoms with Gasteiger partial charge in [-0.2, -0.15) is 0 Å². The average Bonchev–Trinajstić information content (AvgIpc) is 2.39. The van der Waals surface area contributed by atoms with Gasteiger partial charge in [0.15, 0.2) is 0 Å². The quantitative estimate of drug-likeness (QED) is 0.875. The molecule has 2 unspecified atom stereocenters. The predicted octanol–water partition coefficient (Wildman–Crippen LogP) is 2.28. The third kappa shape index (κ3) is 3.35. The maximum absolute atomic E-state index is 11.9. The Labute approximate surface area is 115 Å². The highest BCUT2D eigenvalue weighted by Gasteiger charge is 2.27. The fourth-order valence-electron chi connectivity index (χ4n) is 2.98. The predicted molar refractivity (Wildman–Crippen MR) is 78.4 cm³/mol. The van der Waals surface area contributed by atoms with Crippen LogP contribution in [0.5, 0.6) is 0 Å². The first-order valence-electron chi connectivity index (χ1n) is 7.20. The first kappa shape index (κ1) is 14.1. The summed E-state index contributed by atoms with van der Waals surface area (Å²) in [6, 6.07) is 6.60. The number of rotatable bonds is 3. The van der Waals surface area contributed by atoms with Gasteiger partial charge in [0.25, 0.3) is 0 Å². The van der Waals surface area contributed by atoms with Crippen molar-refractivity contribution in [1.29, 1.82) is 0 Å². The molecule has 19 heavy (non-hydrogen) atoms. The van der Waals surface area contributed by atoms with Crippen LogP contribution in [0, 0.1) is 13.8 Å². The monoisotopic (exact) mass is 260 g/mol. The second-order valence-corrected chi connectivity index (χ2v) is 5.48. The average molecular weight is 260 g/mol. The summed E-state index contributed by atoms with van der Waals surface area (Å²) >= 11 is 0. The summed E-state index contributed by atoms with van der Waals surface area (Å²) in [4.78, 5) is 11.9. The van der Waals surface area contributed by atoms with Crippen molar-refractivity contribution in [2.24, 2.45) is 0 Å². The van der Waals surface area contributed by atoms with Crippen molar-refractivity contribution in [1.82, 2.24) is 10.6 Å². The molecule has 1 heterocycles. The molecular formula is C16H24N2O. The number of likely N-dealkylation sites (N-methyl/N-ethyl adjacent to an activating group) is 1. The largest absolute Gasteiger partial charge is 0.355 e. The van der Waals surface area contributed by atoms with Gasteiger partial charge in [-0.3, -0.25) is 4.79 Å². The van der Waals surface area contributed by atoms with Crippen LogP contribution in [0.4, 0.5) is 0 Å². The van der Waals surface area contributed by atoms with Crippen molar-refractivity contribution in [2.45, 2.75) is 45.6 Å². The Hall–Kier alpha value is -1.35. The Morgan fingerprint density at radius 1 is 1.42 bits per heavy atom. The minimum absolute atomic E-state index is 0.0422. The standard InChI is InChI=1S/C16H24N2O/c1-4-17-16(19)15-10-13(7-8-18-15)14-6-5-11(2)9-12(14)3/h5-6,9,13,15,18H,4,7-8,10H2,1-3H3,(H,17,19). The molecule has 1 aliphatic rings. The lowest BCUT2D eigenvalue weighted by Gasteiger charge is -2.30. The zero-order valence-electron chi connectivity index (χ0n) is 12.1. The zero-order chi connectivity index (χ0) is 13.8. The molecule has 1 aliphatic heterocycles. The van der Waals surface area contributed by atoms with Gasteiger partial charge in [0.05, 0.1) is 6.04 Å². The Morgan fingerprint density at radius 2 is 2.21 bits per heavy atom. The van der Waals surface area contributed by atoms with Crippen molar-refractivity contribution < 1.29 is 4.79 Å². The van der Waals surface area contributed by atoms with Gasteiger partial charge in [0.2, 0.25) is 5.91 Å². The summed E-state index contributed by atoms with van der Waals surface area (Å²) < 4.78 is 0. The second-order valence-electron chi connectivity index (χ2n) is 5.48. The van der Waals surface area contributed by atoms with Gasteiger partial charge < -0.3 is 10.6 Å². The minimum atomic E-state index is -0.0422. The number of benzene rings is 1. The Balaban J connectivity index is 2.10. The van der Waals surface area contributed by atoms with Crippen LogP contribution in [0.2, 0.25) is 0 Å². The normalized spacial score (nSPS) is 23.1. The van der Waals surface area contributed by atoms with E-state index in [0.29, 0.717) is 12.5 Å². The number of carbonyl (C=O) groups excluding carboxylic acids is 1. The number of carbonyl (C=O) groups is 1. The number of piperidine rings is 1. The van der Waals surface area contributed by atoms with Gasteiger partial charge in [-0.1, -0.05) is 23.8 Å². The van der Waals surface area contributed by atoms with E-state index in [9.17, 15) is 4.79 Å². The van der Waals surface area contributed by atoms with Gasteiger partial charge in [-0.15, -0.1) is 0 Å². The summed E-state index contributed by atoms with van der Waals surface area (Å²) in [5, 5.41) is 6.23. The minimum Gasteiger partial charge on any atom is -0.355 e. The molecule has 2 rings (SSSR count). The highest BCUT2D eigenvalue weighted by molar-refractivity contribution is 5.81. The van der Waals surface area contributed by atoms with Crippen molar-refractivity contribution in [2.75, 3.05) is 13.1 Å². The molecule has 0 spiro atoms. The van der Waals surface area contributed by atoms with Crippen LogP contribution < -0.4 is 10.6 Å². The van der Waals surface area contributed by atoms with Crippen LogP contribution >= 0.6 is 0 Å². The third-order valence-corrected chi connectivity index (χ3v) is 3.94. The van der Waals surface area contributed by atoms with Gasteiger partial charge in [0, 0.05) is 6.54 Å². The van der Waals surface area contributed by atoms with Crippen molar-refractivity contribution in [3.8, 4) is 0 Å². The van der Waals surface area contributed by atoms with Crippen LogP contribution in [-0.4, -0.2) is 25.0 Å². The van der Waals surface area contributed by atoms with Gasteiger partial charge in [0.1, 0.15) is 0 Å². The first-order valence-corrected chi connectivity index (χ1v) is 7.20. The molecule has 0 radical (unpaired) electrons. The lowest BCUT2D eigenvalue weighted by molar-refractivity contribution is -0.123. The van der Waals surface area contributed by atoms with E-state index < -0.39 is 0 Å². The van der Waals surface area contributed by atoms with Crippen LogP contribution in [0.25, 0.3) is 0 Å². The molecule has 2 atom stereocenters. The molecule has 2 N–H and O–H groups in total. The highest BCUT2D eigenvalue weighted by Crippen LogP contribution is 2.30. The summed E-state index contributed by atoms with van der Waals surface area (Å²) in [5.74, 6) is 0.631. The van der Waals surface area contributed by atoms with Crippen molar-refractivity contribution in [3.05, 3.63) is 34.9 Å². The molecule has 104 valence electrons. The topological polar surface area (TPSA) is 41.1 Å². The maximum atomic E-state index is 11.9. The van der Waals surface area contributed by atoms with Gasteiger partial charge >= 0.3 is 0 Å². The van der Waals surface area contributed by atoms with E-state index in [2.05, 4.69) is 42.7 Å². The molecule has 3 nitrogen and oxygen atoms in total. The van der Waals surface area contributed by atoms with E-state index in [1.165, 1.54) is 16.7 Å². The summed E-state index contributed by atoms with van der Waals surface area (Å²) in [6.07, 6.45) is 2.01. The number of nitrogens with one attached hydrogen (secondary N) is 2.